The van der Waals surface area contributed by atoms with Crippen molar-refractivity contribution in [2.45, 2.75) is 63.1 Å². The molecule has 1 atom stereocenters. The van der Waals surface area contributed by atoms with Crippen molar-refractivity contribution >= 4 is 17.2 Å². The molecule has 0 unspecified atom stereocenters. The molecule has 2 aliphatic heterocycles. The van der Waals surface area contributed by atoms with E-state index in [1.165, 1.54) is 16.9 Å². The van der Waals surface area contributed by atoms with E-state index in [0.29, 0.717) is 19.7 Å². The molecular weight excluding hydrogens is 398 g/mol. The van der Waals surface area contributed by atoms with Crippen LogP contribution in [0, 0.1) is 5.92 Å². The topological polar surface area (TPSA) is 75.5 Å². The Morgan fingerprint density at radius 1 is 1.23 bits per heavy atom. The molecule has 1 spiro atoms. The minimum absolute atomic E-state index is 0.0849. The summed E-state index contributed by atoms with van der Waals surface area (Å²) in [5.41, 5.74) is 1.84. The molecule has 6 nitrogen and oxygen atoms in total. The van der Waals surface area contributed by atoms with E-state index >= 15 is 0 Å². The number of rotatable bonds is 3. The highest BCUT2D eigenvalue weighted by Gasteiger charge is 2.44. The lowest BCUT2D eigenvalue weighted by Crippen LogP contribution is -2.51. The van der Waals surface area contributed by atoms with E-state index in [0.717, 1.165) is 55.5 Å². The summed E-state index contributed by atoms with van der Waals surface area (Å²) in [7, 11) is 0. The van der Waals surface area contributed by atoms with Crippen LogP contribution in [0.1, 0.15) is 55.4 Å². The van der Waals surface area contributed by atoms with Crippen LogP contribution >= 0.6 is 11.3 Å². The number of carbonyl (C=O) groups is 1. The molecule has 2 aromatic heterocycles. The summed E-state index contributed by atoms with van der Waals surface area (Å²) < 4.78 is 6.36. The van der Waals surface area contributed by atoms with Crippen LogP contribution in [0.25, 0.3) is 10.6 Å². The van der Waals surface area contributed by atoms with E-state index in [1.807, 2.05) is 4.90 Å². The third-order valence-electron chi connectivity index (χ3n) is 7.06. The van der Waals surface area contributed by atoms with Gasteiger partial charge in [-0.25, -0.2) is 0 Å². The van der Waals surface area contributed by atoms with E-state index in [1.54, 1.807) is 29.9 Å². The summed E-state index contributed by atoms with van der Waals surface area (Å²) in [4.78, 5) is 25.9. The maximum atomic E-state index is 12.9. The molecule has 30 heavy (non-hydrogen) atoms. The van der Waals surface area contributed by atoms with Gasteiger partial charge in [-0.1, -0.05) is 19.3 Å². The molecule has 5 rings (SSSR count). The van der Waals surface area contributed by atoms with Gasteiger partial charge in [0.1, 0.15) is 6.10 Å². The van der Waals surface area contributed by atoms with Crippen LogP contribution in [0.5, 0.6) is 0 Å². The van der Waals surface area contributed by atoms with Crippen LogP contribution in [-0.4, -0.2) is 51.7 Å². The van der Waals surface area contributed by atoms with Crippen molar-refractivity contribution in [1.29, 1.82) is 0 Å². The van der Waals surface area contributed by atoms with Gasteiger partial charge in [0.15, 0.2) is 0 Å². The highest BCUT2D eigenvalue weighted by Crippen LogP contribution is 2.46. The molecule has 1 saturated carbocycles. The third-order valence-corrected chi connectivity index (χ3v) is 8.27. The number of aromatic nitrogens is 2. The zero-order valence-corrected chi connectivity index (χ0v) is 18.1. The van der Waals surface area contributed by atoms with Crippen molar-refractivity contribution in [3.8, 4) is 10.6 Å². The smallest absolute Gasteiger partial charge is 0.251 e. The van der Waals surface area contributed by atoms with Crippen LogP contribution in [0.2, 0.25) is 0 Å². The van der Waals surface area contributed by atoms with E-state index in [2.05, 4.69) is 16.0 Å². The Hall–Kier alpha value is -1.83. The van der Waals surface area contributed by atoms with Gasteiger partial charge >= 0.3 is 0 Å². The fraction of sp³-hybridized carbons (Fsp3) is 0.609. The first kappa shape index (κ1) is 20.1. The third kappa shape index (κ3) is 3.67. The summed E-state index contributed by atoms with van der Waals surface area (Å²) in [6, 6.07) is 2.22. The van der Waals surface area contributed by atoms with Gasteiger partial charge in [-0.15, -0.1) is 11.3 Å². The summed E-state index contributed by atoms with van der Waals surface area (Å²) in [5.74, 6) is 0.0458. The largest absolute Gasteiger partial charge is 0.383 e. The Balaban J connectivity index is 1.30. The number of hydrogen-bond acceptors (Lipinski definition) is 6. The summed E-state index contributed by atoms with van der Waals surface area (Å²) in [6.07, 6.45) is 12.3. The van der Waals surface area contributed by atoms with Gasteiger partial charge in [-0.2, -0.15) is 0 Å². The predicted octanol–water partition coefficient (Wildman–Crippen LogP) is 3.54. The molecule has 160 valence electrons. The normalized spacial score (nSPS) is 22.6. The average molecular weight is 428 g/mol. The van der Waals surface area contributed by atoms with E-state index in [-0.39, 0.29) is 17.4 Å². The lowest BCUT2D eigenvalue weighted by Gasteiger charge is -2.44. The molecule has 2 aromatic rings. The second kappa shape index (κ2) is 8.36. The van der Waals surface area contributed by atoms with Crippen molar-refractivity contribution in [1.82, 2.24) is 14.9 Å². The number of hydrogen-bond donors (Lipinski definition) is 1. The van der Waals surface area contributed by atoms with Crippen LogP contribution in [-0.2, 0) is 21.6 Å². The Morgan fingerprint density at radius 2 is 2.03 bits per heavy atom. The van der Waals surface area contributed by atoms with Gasteiger partial charge in [0, 0.05) is 36.8 Å². The summed E-state index contributed by atoms with van der Waals surface area (Å²) >= 11 is 1.78. The molecule has 3 aliphatic rings. The number of fused-ring (bicyclic) bond motifs is 2. The predicted molar refractivity (Wildman–Crippen MR) is 115 cm³/mol. The Labute approximate surface area is 181 Å². The number of nitrogens with zero attached hydrogens (tertiary/aromatic N) is 3. The van der Waals surface area contributed by atoms with Gasteiger partial charge in [-0.05, 0) is 43.2 Å². The van der Waals surface area contributed by atoms with Crippen molar-refractivity contribution in [2.24, 2.45) is 5.92 Å². The van der Waals surface area contributed by atoms with Crippen LogP contribution in [0.15, 0.2) is 24.7 Å². The molecule has 0 aromatic carbocycles. The van der Waals surface area contributed by atoms with Crippen LogP contribution < -0.4 is 0 Å². The van der Waals surface area contributed by atoms with Crippen LogP contribution in [0.3, 0.4) is 0 Å². The summed E-state index contributed by atoms with van der Waals surface area (Å²) in [5, 5.41) is 10.7. The first-order valence-electron chi connectivity index (χ1n) is 11.2. The first-order valence-corrected chi connectivity index (χ1v) is 12.0. The second-order valence-corrected chi connectivity index (χ2v) is 9.94. The quantitative estimate of drug-likeness (QED) is 0.811. The van der Waals surface area contributed by atoms with E-state index in [4.69, 9.17) is 4.74 Å². The van der Waals surface area contributed by atoms with Gasteiger partial charge in [0.25, 0.3) is 5.91 Å². The second-order valence-electron chi connectivity index (χ2n) is 8.80. The number of thiophene rings is 1. The molecule has 1 amide bonds. The number of carbonyl (C=O) groups excluding carboxylic acids is 1. The highest BCUT2D eigenvalue weighted by atomic mass is 32.1. The standard InChI is InChI=1S/C23H29N3O3S/c27-21(16-4-2-1-3-5-16)22(28)26-11-7-23(8-12-26)17-14-20(18-15-24-9-10-25-18)30-19(17)6-13-29-23/h9-10,14-16,21,27H,1-8,11-13H2/t21-/m1/s1. The maximum Gasteiger partial charge on any atom is 0.251 e. The molecule has 0 bridgehead atoms. The van der Waals surface area contributed by atoms with E-state index in [9.17, 15) is 9.90 Å². The average Bonchev–Trinajstić information content (AvgIpc) is 3.26. The Bertz CT molecular complexity index is 886. The minimum atomic E-state index is -0.841. The first-order chi connectivity index (χ1) is 14.7. The van der Waals surface area contributed by atoms with Gasteiger partial charge in [0.2, 0.25) is 0 Å². The fourth-order valence-electron chi connectivity index (χ4n) is 5.31. The molecule has 1 aliphatic carbocycles. The molecule has 0 radical (unpaired) electrons. The number of aliphatic hydroxyl groups excluding tert-OH is 1. The molecule has 7 heteroatoms. The maximum absolute atomic E-state index is 12.9. The summed E-state index contributed by atoms with van der Waals surface area (Å²) in [6.45, 7) is 1.99. The van der Waals surface area contributed by atoms with Crippen molar-refractivity contribution in [2.75, 3.05) is 19.7 Å². The molecule has 4 heterocycles. The molecule has 2 fully saturated rings. The molecule has 1 saturated heterocycles. The number of aliphatic hydroxyl groups is 1. The minimum Gasteiger partial charge on any atom is -0.383 e. The number of piperidine rings is 1. The van der Waals surface area contributed by atoms with E-state index < -0.39 is 6.10 Å². The molecule has 1 N–H and O–H groups in total. The number of ether oxygens (including phenoxy) is 1. The molecular formula is C23H29N3O3S. The van der Waals surface area contributed by atoms with Crippen molar-refractivity contribution in [3.05, 3.63) is 35.1 Å². The lowest BCUT2D eigenvalue weighted by molar-refractivity contribution is -0.152. The lowest BCUT2D eigenvalue weighted by atomic mass is 9.81. The monoisotopic (exact) mass is 427 g/mol. The highest BCUT2D eigenvalue weighted by molar-refractivity contribution is 7.15. The zero-order chi connectivity index (χ0) is 20.6. The SMILES string of the molecule is O=C([C@H](O)C1CCCCC1)N1CCC2(CC1)OCCc1sc(-c3cnccn3)cc12. The van der Waals surface area contributed by atoms with Crippen molar-refractivity contribution in [3.63, 3.8) is 0 Å². The van der Waals surface area contributed by atoms with Crippen LogP contribution in [0.4, 0.5) is 0 Å². The van der Waals surface area contributed by atoms with Gasteiger partial charge in [0.05, 0.1) is 29.0 Å². The number of amides is 1. The number of likely N-dealkylation sites (tertiary alicyclic amines) is 1. The zero-order valence-electron chi connectivity index (χ0n) is 17.3. The Morgan fingerprint density at radius 3 is 2.77 bits per heavy atom. The fourth-order valence-corrected chi connectivity index (χ4v) is 6.50. The Kier molecular flexibility index (Phi) is 5.60. The van der Waals surface area contributed by atoms with Gasteiger partial charge in [-0.3, -0.25) is 14.8 Å². The van der Waals surface area contributed by atoms with Gasteiger partial charge < -0.3 is 14.7 Å². The van der Waals surface area contributed by atoms with Crippen molar-refractivity contribution < 1.29 is 14.6 Å².